The van der Waals surface area contributed by atoms with Crippen molar-refractivity contribution in [1.29, 1.82) is 0 Å². The van der Waals surface area contributed by atoms with E-state index in [-0.39, 0.29) is 30.9 Å². The molecule has 1 heterocycles. The Hall–Kier alpha value is -1.59. The fourth-order valence-corrected chi connectivity index (χ4v) is 6.69. The minimum Gasteiger partial charge on any atom is -0.464 e. The number of Topliss-reactive ketones (excluding diaryl/α,β-unsaturated/α-hetero) is 1. The maximum atomic E-state index is 14.4. The van der Waals surface area contributed by atoms with Crippen molar-refractivity contribution in [2.24, 2.45) is 28.6 Å². The van der Waals surface area contributed by atoms with E-state index in [1.54, 1.807) is 13.8 Å². The number of piperidine rings is 1. The van der Waals surface area contributed by atoms with Gasteiger partial charge in [-0.2, -0.15) is 9.95 Å². The van der Waals surface area contributed by atoms with Crippen molar-refractivity contribution in [3.63, 3.8) is 0 Å². The van der Waals surface area contributed by atoms with Crippen LogP contribution >= 0.6 is 0 Å². The number of rotatable bonds is 18. The van der Waals surface area contributed by atoms with Crippen molar-refractivity contribution in [2.45, 2.75) is 126 Å². The summed E-state index contributed by atoms with van der Waals surface area (Å²) in [6.45, 7) is 28.4. The molecule has 1 rings (SSSR count). The molecule has 0 aliphatic carbocycles. The van der Waals surface area contributed by atoms with Crippen molar-refractivity contribution in [2.75, 3.05) is 54.0 Å². The van der Waals surface area contributed by atoms with Gasteiger partial charge in [0, 0.05) is 32.0 Å². The quantitative estimate of drug-likeness (QED) is 0.104. The molecule has 1 saturated heterocycles. The van der Waals surface area contributed by atoms with Crippen LogP contribution in [0.3, 0.4) is 0 Å². The third-order valence-electron chi connectivity index (χ3n) is 11.4. The van der Waals surface area contributed by atoms with Gasteiger partial charge in [0.15, 0.2) is 0 Å². The molecule has 0 saturated carbocycles. The highest BCUT2D eigenvalue weighted by Crippen LogP contribution is 2.55. The van der Waals surface area contributed by atoms with Gasteiger partial charge in [-0.25, -0.2) is 4.79 Å². The molecule has 1 aliphatic rings. The zero-order chi connectivity index (χ0) is 35.2. The fraction of sp³-hybridized carbons (Fsp3) is 0.914. The number of nitrogens with zero attached hydrogens (tertiary/aromatic N) is 3. The van der Waals surface area contributed by atoms with Crippen molar-refractivity contribution in [3.05, 3.63) is 0 Å². The number of likely N-dealkylation sites (N-methyl/N-ethyl adjacent to an activating group) is 2. The number of esters is 1. The van der Waals surface area contributed by atoms with Crippen molar-refractivity contribution in [1.82, 2.24) is 14.9 Å². The second-order valence-corrected chi connectivity index (χ2v) is 15.6. The number of hydrogen-bond acceptors (Lipinski definition) is 10. The molecule has 0 amide bonds. The SMILES string of the molecule is CCOOC(=O)C(C)C(C)(C)C(C)(C)C(C(=O)OCCN(C)CCN(C)C)C(C)(C)ON1C(C)(CC)CC(=O)C(C)C1(C)CC. The van der Waals surface area contributed by atoms with Crippen molar-refractivity contribution >= 4 is 17.7 Å². The number of carbonyl (C=O) groups is 3. The van der Waals surface area contributed by atoms with Gasteiger partial charge in [-0.15, -0.1) is 0 Å². The highest BCUT2D eigenvalue weighted by molar-refractivity contribution is 5.84. The van der Waals surface area contributed by atoms with Crippen LogP contribution in [0.4, 0.5) is 0 Å². The average molecular weight is 642 g/mol. The summed E-state index contributed by atoms with van der Waals surface area (Å²) in [5.74, 6) is -2.33. The van der Waals surface area contributed by atoms with Gasteiger partial charge >= 0.3 is 11.9 Å². The summed E-state index contributed by atoms with van der Waals surface area (Å²) in [4.78, 5) is 62.1. The number of ketones is 1. The molecule has 0 aromatic carbocycles. The molecule has 264 valence electrons. The minimum atomic E-state index is -1.09. The normalized spacial score (nSPS) is 25.0. The monoisotopic (exact) mass is 641 g/mol. The Morgan fingerprint density at radius 3 is 2.00 bits per heavy atom. The van der Waals surface area contributed by atoms with E-state index in [4.69, 9.17) is 19.3 Å². The minimum absolute atomic E-state index is 0.221. The number of hydroxylamine groups is 2. The molecule has 10 heteroatoms. The molecule has 5 unspecified atom stereocenters. The lowest BCUT2D eigenvalue weighted by Crippen LogP contribution is -2.69. The molecular formula is C35H67N3O7. The van der Waals surface area contributed by atoms with Crippen LogP contribution in [0.25, 0.3) is 0 Å². The predicted molar refractivity (Wildman–Crippen MR) is 178 cm³/mol. The van der Waals surface area contributed by atoms with Gasteiger partial charge < -0.3 is 14.5 Å². The van der Waals surface area contributed by atoms with Crippen LogP contribution in [0.2, 0.25) is 0 Å². The lowest BCUT2D eigenvalue weighted by molar-refractivity contribution is -0.354. The molecule has 1 aliphatic heterocycles. The van der Waals surface area contributed by atoms with Crippen LogP contribution in [0, 0.1) is 28.6 Å². The van der Waals surface area contributed by atoms with Crippen LogP contribution in [-0.4, -0.2) is 103 Å². The topological polar surface area (TPSA) is 97.8 Å². The molecule has 0 aromatic rings. The van der Waals surface area contributed by atoms with Crippen molar-refractivity contribution in [3.8, 4) is 0 Å². The second kappa shape index (κ2) is 16.0. The van der Waals surface area contributed by atoms with E-state index in [0.717, 1.165) is 13.1 Å². The van der Waals surface area contributed by atoms with E-state index in [1.807, 2.05) is 74.7 Å². The third kappa shape index (κ3) is 9.28. The summed E-state index contributed by atoms with van der Waals surface area (Å²) < 4.78 is 6.05. The summed E-state index contributed by atoms with van der Waals surface area (Å²) in [5.41, 5.74) is -3.84. The molecule has 10 nitrogen and oxygen atoms in total. The highest BCUT2D eigenvalue weighted by atomic mass is 17.2. The average Bonchev–Trinajstić information content (AvgIpc) is 2.95. The first-order valence-corrected chi connectivity index (χ1v) is 16.8. The van der Waals surface area contributed by atoms with E-state index in [2.05, 4.69) is 37.5 Å². The Kier molecular flexibility index (Phi) is 14.7. The molecule has 1 fully saturated rings. The van der Waals surface area contributed by atoms with Gasteiger partial charge in [0.2, 0.25) is 0 Å². The largest absolute Gasteiger partial charge is 0.464 e. The van der Waals surface area contributed by atoms with Crippen LogP contribution in [0.1, 0.15) is 109 Å². The van der Waals surface area contributed by atoms with E-state index in [9.17, 15) is 14.4 Å². The Balaban J connectivity index is 3.63. The lowest BCUT2D eigenvalue weighted by Gasteiger charge is -2.60. The van der Waals surface area contributed by atoms with Gasteiger partial charge in [0.25, 0.3) is 0 Å². The first-order chi connectivity index (χ1) is 20.5. The van der Waals surface area contributed by atoms with E-state index in [0.29, 0.717) is 25.8 Å². The number of ether oxygens (including phenoxy) is 1. The van der Waals surface area contributed by atoms with Gasteiger partial charge in [-0.3, -0.25) is 19.3 Å². The predicted octanol–water partition coefficient (Wildman–Crippen LogP) is 5.78. The highest BCUT2D eigenvalue weighted by Gasteiger charge is 2.61. The lowest BCUT2D eigenvalue weighted by atomic mass is 9.53. The summed E-state index contributed by atoms with van der Waals surface area (Å²) in [6, 6.07) is 0. The maximum Gasteiger partial charge on any atom is 0.345 e. The first kappa shape index (κ1) is 41.4. The summed E-state index contributed by atoms with van der Waals surface area (Å²) in [5, 5.41) is 2.03. The van der Waals surface area contributed by atoms with E-state index < -0.39 is 45.3 Å². The van der Waals surface area contributed by atoms with Crippen LogP contribution in [0.15, 0.2) is 0 Å². The molecule has 0 aromatic heterocycles. The summed E-state index contributed by atoms with van der Waals surface area (Å²) >= 11 is 0. The van der Waals surface area contributed by atoms with Crippen molar-refractivity contribution < 1.29 is 33.7 Å². The first-order valence-electron chi connectivity index (χ1n) is 16.8. The van der Waals surface area contributed by atoms with Gasteiger partial charge in [0.05, 0.1) is 35.1 Å². The van der Waals surface area contributed by atoms with Crippen LogP contribution in [-0.2, 0) is 33.7 Å². The molecule has 0 spiro atoms. The Bertz CT molecular complexity index is 998. The Labute approximate surface area is 274 Å². The summed E-state index contributed by atoms with van der Waals surface area (Å²) in [6.07, 6.45) is 1.75. The van der Waals surface area contributed by atoms with Crippen LogP contribution in [0.5, 0.6) is 0 Å². The fourth-order valence-electron chi connectivity index (χ4n) is 6.69. The van der Waals surface area contributed by atoms with Gasteiger partial charge in [-0.1, -0.05) is 55.4 Å². The van der Waals surface area contributed by atoms with E-state index in [1.165, 1.54) is 0 Å². The van der Waals surface area contributed by atoms with Gasteiger partial charge in [0.1, 0.15) is 12.4 Å². The molecule has 0 radical (unpaired) electrons. The zero-order valence-corrected chi connectivity index (χ0v) is 31.6. The third-order valence-corrected chi connectivity index (χ3v) is 11.4. The molecule has 0 N–H and O–H groups in total. The Morgan fingerprint density at radius 1 is 0.933 bits per heavy atom. The summed E-state index contributed by atoms with van der Waals surface area (Å²) in [7, 11) is 6.07. The standard InChI is InChI=1S/C35H67N3O7/c1-17-34(12)24-27(39)25(4)35(13,18-2)38(34)45-33(10,11)28(30(41)42-23-22-37(16)21-20-36(14)15)32(8,9)31(6,7)26(5)29(40)44-43-19-3/h25-26,28H,17-24H2,1-16H3. The molecular weight excluding hydrogens is 574 g/mol. The molecule has 0 bridgehead atoms. The molecule has 45 heavy (non-hydrogen) atoms. The Morgan fingerprint density at radius 2 is 1.51 bits per heavy atom. The second-order valence-electron chi connectivity index (χ2n) is 15.6. The molecule has 5 atom stereocenters. The number of carbonyl (C=O) groups excluding carboxylic acids is 3. The number of hydrogen-bond donors (Lipinski definition) is 0. The smallest absolute Gasteiger partial charge is 0.345 e. The zero-order valence-electron chi connectivity index (χ0n) is 31.6. The van der Waals surface area contributed by atoms with Crippen LogP contribution < -0.4 is 0 Å². The van der Waals surface area contributed by atoms with Gasteiger partial charge in [-0.05, 0) is 79.4 Å². The van der Waals surface area contributed by atoms with E-state index >= 15 is 0 Å². The maximum absolute atomic E-state index is 14.4.